The average Bonchev–Trinajstić information content (AvgIpc) is 2.93. The van der Waals surface area contributed by atoms with E-state index in [1.165, 1.54) is 4.90 Å². The second-order valence-electron chi connectivity index (χ2n) is 4.05. The lowest BCUT2D eigenvalue weighted by Gasteiger charge is -2.17. The Kier molecular flexibility index (Phi) is 4.85. The van der Waals surface area contributed by atoms with Crippen molar-refractivity contribution in [3.8, 4) is 0 Å². The fourth-order valence-corrected chi connectivity index (χ4v) is 2.37. The van der Waals surface area contributed by atoms with Gasteiger partial charge in [0.25, 0.3) is 0 Å². The van der Waals surface area contributed by atoms with Gasteiger partial charge in [-0.05, 0) is 12.1 Å². The van der Waals surface area contributed by atoms with Gasteiger partial charge in [-0.25, -0.2) is 9.79 Å². The van der Waals surface area contributed by atoms with Gasteiger partial charge in [0.05, 0.1) is 10.0 Å². The number of aliphatic imine (C=N–C) groups is 1. The maximum Gasteiger partial charge on any atom is 0.331 e. The van der Waals surface area contributed by atoms with Crippen LogP contribution in [-0.4, -0.2) is 32.1 Å². The number of thiol groups is 1. The molecule has 1 saturated heterocycles. The minimum atomic E-state index is -0.390. The quantitative estimate of drug-likeness (QED) is 0.627. The minimum absolute atomic E-state index is 0.356. The topological polar surface area (TPSA) is 68.8 Å². The van der Waals surface area contributed by atoms with Crippen molar-refractivity contribution in [3.05, 3.63) is 22.2 Å². The number of amides is 2. The van der Waals surface area contributed by atoms with Crippen molar-refractivity contribution in [3.63, 3.8) is 0 Å². The zero-order valence-corrected chi connectivity index (χ0v) is 13.0. The van der Waals surface area contributed by atoms with Gasteiger partial charge in [-0.2, -0.15) is 0 Å². The molecular formula is C11H13Cl2N5OS. The highest BCUT2D eigenvalue weighted by molar-refractivity contribution is 7.78. The number of carbonyl (C=O) groups excluding carboxylic acids is 1. The number of halogens is 2. The maximum atomic E-state index is 11.5. The molecule has 0 aliphatic carbocycles. The Bertz CT molecular complexity index is 535. The van der Waals surface area contributed by atoms with Crippen LogP contribution in [0.2, 0.25) is 10.0 Å². The molecule has 20 heavy (non-hydrogen) atoms. The molecule has 6 nitrogen and oxygen atoms in total. The summed E-state index contributed by atoms with van der Waals surface area (Å²) in [5, 5.41) is 6.83. The fourth-order valence-electron chi connectivity index (χ4n) is 1.66. The van der Waals surface area contributed by atoms with E-state index in [1.54, 1.807) is 19.2 Å². The van der Waals surface area contributed by atoms with Crippen LogP contribution < -0.4 is 20.3 Å². The molecular weight excluding hydrogens is 321 g/mol. The van der Waals surface area contributed by atoms with Gasteiger partial charge in [-0.3, -0.25) is 9.62 Å². The Labute approximate surface area is 132 Å². The van der Waals surface area contributed by atoms with Crippen LogP contribution in [0.1, 0.15) is 0 Å². The molecule has 9 heteroatoms. The van der Waals surface area contributed by atoms with Crippen molar-refractivity contribution >= 4 is 59.4 Å². The number of nitrogens with zero attached hydrogens (tertiary/aromatic N) is 2. The molecule has 0 spiro atoms. The first-order valence-electron chi connectivity index (χ1n) is 5.76. The first kappa shape index (κ1) is 15.1. The fraction of sp³-hybridized carbons (Fsp3) is 0.273. The van der Waals surface area contributed by atoms with E-state index in [-0.39, 0.29) is 0 Å². The third-order valence-electron chi connectivity index (χ3n) is 2.72. The Morgan fingerprint density at radius 2 is 1.90 bits per heavy atom. The van der Waals surface area contributed by atoms with Gasteiger partial charge in [0.2, 0.25) is 0 Å². The highest BCUT2D eigenvalue weighted by Gasteiger charge is 2.15. The number of hydrogen-bond donors (Lipinski definition) is 4. The normalized spacial score (nSPS) is 13.5. The number of urea groups is 1. The zero-order valence-electron chi connectivity index (χ0n) is 10.6. The smallest absolute Gasteiger partial charge is 0.331 e. The van der Waals surface area contributed by atoms with Crippen LogP contribution >= 0.6 is 36.0 Å². The maximum absolute atomic E-state index is 11.5. The van der Waals surface area contributed by atoms with Gasteiger partial charge in [0, 0.05) is 25.8 Å². The second kappa shape index (κ2) is 6.43. The van der Waals surface area contributed by atoms with Crippen molar-refractivity contribution in [1.29, 1.82) is 0 Å². The van der Waals surface area contributed by atoms with Crippen molar-refractivity contribution in [2.75, 3.05) is 25.0 Å². The van der Waals surface area contributed by atoms with Gasteiger partial charge < -0.3 is 10.6 Å². The molecule has 3 N–H and O–H groups in total. The molecule has 2 rings (SSSR count). The van der Waals surface area contributed by atoms with Gasteiger partial charge in [0.1, 0.15) is 5.69 Å². The molecule has 1 fully saturated rings. The molecule has 0 radical (unpaired) electrons. The molecule has 2 amide bonds. The number of hydrogen-bond acceptors (Lipinski definition) is 3. The average molecular weight is 334 g/mol. The van der Waals surface area contributed by atoms with Crippen LogP contribution in [0.3, 0.4) is 0 Å². The number of guanidine groups is 1. The summed E-state index contributed by atoms with van der Waals surface area (Å²) in [6.45, 7) is 1.61. The van der Waals surface area contributed by atoms with Gasteiger partial charge in [0.15, 0.2) is 5.96 Å². The van der Waals surface area contributed by atoms with Crippen molar-refractivity contribution < 1.29 is 4.79 Å². The number of benzene rings is 1. The summed E-state index contributed by atoms with van der Waals surface area (Å²) in [4.78, 5) is 17.2. The summed E-state index contributed by atoms with van der Waals surface area (Å²) in [5.74, 6) is 0.628. The largest absolute Gasteiger partial charge is 0.354 e. The molecule has 0 unspecified atom stereocenters. The van der Waals surface area contributed by atoms with Gasteiger partial charge in [-0.15, -0.1) is 0 Å². The Balaban J connectivity index is 2.33. The second-order valence-corrected chi connectivity index (χ2v) is 5.09. The van der Waals surface area contributed by atoms with Gasteiger partial charge >= 0.3 is 6.03 Å². The number of rotatable bonds is 2. The lowest BCUT2D eigenvalue weighted by Crippen LogP contribution is -2.32. The van der Waals surface area contributed by atoms with Crippen LogP contribution in [-0.2, 0) is 0 Å². The molecule has 0 bridgehead atoms. The Morgan fingerprint density at radius 3 is 2.40 bits per heavy atom. The molecule has 1 heterocycles. The van der Waals surface area contributed by atoms with E-state index in [0.29, 0.717) is 27.4 Å². The Hall–Kier alpha value is -1.31. The van der Waals surface area contributed by atoms with E-state index in [4.69, 9.17) is 23.2 Å². The standard InChI is InChI=1S/C11H13Cl2N5OS/c1-18(11(19)17-20)6-4-7(12)9(8(13)5-6)16-10-14-2-3-15-10/h4-5,20H,2-3H2,1H3,(H,17,19)(H2,14,15,16). The molecule has 0 saturated carbocycles. The summed E-state index contributed by atoms with van der Waals surface area (Å²) >= 11 is 16.1. The predicted octanol–water partition coefficient (Wildman–Crippen LogP) is 2.16. The first-order chi connectivity index (χ1) is 9.52. The number of carbonyl (C=O) groups is 1. The lowest BCUT2D eigenvalue weighted by atomic mass is 10.2. The van der Waals surface area contributed by atoms with Crippen LogP contribution in [0.25, 0.3) is 0 Å². The molecule has 108 valence electrons. The van der Waals surface area contributed by atoms with Crippen LogP contribution in [0.5, 0.6) is 0 Å². The summed E-state index contributed by atoms with van der Waals surface area (Å²) in [6.07, 6.45) is 0. The first-order valence-corrected chi connectivity index (χ1v) is 6.96. The predicted molar refractivity (Wildman–Crippen MR) is 85.5 cm³/mol. The molecule has 1 aromatic rings. The summed E-state index contributed by atoms with van der Waals surface area (Å²) < 4.78 is 2.22. The lowest BCUT2D eigenvalue weighted by molar-refractivity contribution is 0.253. The van der Waals surface area contributed by atoms with Crippen molar-refractivity contribution in [2.45, 2.75) is 0 Å². The number of nitrogens with one attached hydrogen (secondary N) is 3. The molecule has 1 aliphatic heterocycles. The SMILES string of the molecule is CN(C(=O)NS)c1cc(Cl)c(N=C2NCCN2)c(Cl)c1. The molecule has 1 aromatic carbocycles. The summed E-state index contributed by atoms with van der Waals surface area (Å²) in [5.41, 5.74) is 0.997. The molecule has 1 aliphatic rings. The summed E-state index contributed by atoms with van der Waals surface area (Å²) in [6, 6.07) is 2.84. The third kappa shape index (κ3) is 3.23. The van der Waals surface area contributed by atoms with Crippen LogP contribution in [0.15, 0.2) is 17.1 Å². The monoisotopic (exact) mass is 333 g/mol. The van der Waals surface area contributed by atoms with E-state index in [0.717, 1.165) is 13.1 Å². The van der Waals surface area contributed by atoms with Crippen LogP contribution in [0.4, 0.5) is 16.2 Å². The molecule has 0 atom stereocenters. The van der Waals surface area contributed by atoms with E-state index < -0.39 is 6.03 Å². The van der Waals surface area contributed by atoms with Crippen molar-refractivity contribution in [2.24, 2.45) is 4.99 Å². The molecule has 0 aromatic heterocycles. The Morgan fingerprint density at radius 1 is 1.35 bits per heavy atom. The summed E-state index contributed by atoms with van der Waals surface area (Å²) in [7, 11) is 1.58. The third-order valence-corrected chi connectivity index (χ3v) is 3.49. The van der Waals surface area contributed by atoms with Gasteiger partial charge in [-0.1, -0.05) is 36.0 Å². The zero-order chi connectivity index (χ0) is 14.7. The van der Waals surface area contributed by atoms with E-state index in [2.05, 4.69) is 33.2 Å². The number of anilines is 1. The van der Waals surface area contributed by atoms with Crippen molar-refractivity contribution in [1.82, 2.24) is 15.4 Å². The highest BCUT2D eigenvalue weighted by Crippen LogP contribution is 2.37. The van der Waals surface area contributed by atoms with E-state index in [1.807, 2.05) is 0 Å². The minimum Gasteiger partial charge on any atom is -0.354 e. The van der Waals surface area contributed by atoms with E-state index >= 15 is 0 Å². The van der Waals surface area contributed by atoms with Crippen LogP contribution in [0, 0.1) is 0 Å². The van der Waals surface area contributed by atoms with E-state index in [9.17, 15) is 4.79 Å². The highest BCUT2D eigenvalue weighted by atomic mass is 35.5.